The summed E-state index contributed by atoms with van der Waals surface area (Å²) in [5.74, 6) is 2.11. The Morgan fingerprint density at radius 1 is 1.20 bits per heavy atom. The molecule has 0 aliphatic carbocycles. The van der Waals surface area contributed by atoms with Crippen molar-refractivity contribution < 1.29 is 18.8 Å². The van der Waals surface area contributed by atoms with Gasteiger partial charge in [0.25, 0.3) is 5.91 Å². The lowest BCUT2D eigenvalue weighted by Crippen LogP contribution is -2.36. The van der Waals surface area contributed by atoms with Gasteiger partial charge in [0.15, 0.2) is 11.5 Å². The van der Waals surface area contributed by atoms with Gasteiger partial charge in [-0.15, -0.1) is 0 Å². The molecule has 0 spiro atoms. The minimum atomic E-state index is -0.162. The molecule has 0 saturated heterocycles. The van der Waals surface area contributed by atoms with Crippen LogP contribution in [0, 0.1) is 5.92 Å². The Hall–Kier alpha value is -2.50. The molecule has 1 unspecified atom stereocenters. The molecule has 0 fully saturated rings. The fourth-order valence-corrected chi connectivity index (χ4v) is 2.73. The van der Waals surface area contributed by atoms with Gasteiger partial charge in [0, 0.05) is 19.2 Å². The number of ether oxygens (including phenoxy) is 2. The van der Waals surface area contributed by atoms with Gasteiger partial charge in [-0.2, -0.15) is 0 Å². The third-order valence-electron chi connectivity index (χ3n) is 4.20. The molecule has 0 aliphatic heterocycles. The molecule has 1 aromatic heterocycles. The summed E-state index contributed by atoms with van der Waals surface area (Å²) in [6, 6.07) is 7.14. The first-order valence-corrected chi connectivity index (χ1v) is 8.33. The van der Waals surface area contributed by atoms with Crippen molar-refractivity contribution in [3.05, 3.63) is 30.0 Å². The number of nitrogens with zero attached hydrogens (tertiary/aromatic N) is 2. The Kier molecular flexibility index (Phi) is 6.07. The van der Waals surface area contributed by atoms with Gasteiger partial charge < -0.3 is 18.9 Å². The van der Waals surface area contributed by atoms with E-state index in [1.807, 2.05) is 6.92 Å². The van der Waals surface area contributed by atoms with Gasteiger partial charge in [0.05, 0.1) is 19.8 Å². The molecule has 1 atom stereocenters. The van der Waals surface area contributed by atoms with Crippen LogP contribution in [-0.4, -0.2) is 43.3 Å². The first-order chi connectivity index (χ1) is 11.9. The fourth-order valence-electron chi connectivity index (χ4n) is 2.73. The van der Waals surface area contributed by atoms with Crippen molar-refractivity contribution in [3.8, 4) is 22.8 Å². The van der Waals surface area contributed by atoms with E-state index in [1.54, 1.807) is 50.4 Å². The highest BCUT2D eigenvalue weighted by atomic mass is 16.5. The molecule has 25 heavy (non-hydrogen) atoms. The van der Waals surface area contributed by atoms with Crippen LogP contribution < -0.4 is 9.47 Å². The van der Waals surface area contributed by atoms with Crippen molar-refractivity contribution in [2.75, 3.05) is 21.3 Å². The topological polar surface area (TPSA) is 64.8 Å². The van der Waals surface area contributed by atoms with E-state index in [-0.39, 0.29) is 17.6 Å². The minimum Gasteiger partial charge on any atom is -0.497 e. The predicted molar refractivity (Wildman–Crippen MR) is 96.1 cm³/mol. The smallest absolute Gasteiger partial charge is 0.276 e. The van der Waals surface area contributed by atoms with E-state index < -0.39 is 0 Å². The largest absolute Gasteiger partial charge is 0.497 e. The Labute approximate surface area is 148 Å². The molecular formula is C19H26N2O4. The maximum Gasteiger partial charge on any atom is 0.276 e. The molecule has 6 heteroatoms. The van der Waals surface area contributed by atoms with Crippen molar-refractivity contribution in [2.45, 2.75) is 33.2 Å². The quantitative estimate of drug-likeness (QED) is 0.761. The van der Waals surface area contributed by atoms with E-state index >= 15 is 0 Å². The zero-order valence-electron chi connectivity index (χ0n) is 15.7. The summed E-state index contributed by atoms with van der Waals surface area (Å²) >= 11 is 0. The molecular weight excluding hydrogens is 320 g/mol. The normalized spacial score (nSPS) is 12.1. The molecule has 0 bridgehead atoms. The molecule has 0 N–H and O–H groups in total. The Morgan fingerprint density at radius 2 is 1.92 bits per heavy atom. The Bertz CT molecular complexity index is 724. The molecule has 1 heterocycles. The lowest BCUT2D eigenvalue weighted by atomic mass is 10.0. The summed E-state index contributed by atoms with van der Waals surface area (Å²) in [7, 11) is 4.96. The predicted octanol–water partition coefficient (Wildman–Crippen LogP) is 3.87. The molecule has 2 rings (SSSR count). The maximum atomic E-state index is 12.6. The van der Waals surface area contributed by atoms with Gasteiger partial charge in [-0.05, 0) is 37.5 Å². The summed E-state index contributed by atoms with van der Waals surface area (Å²) in [6.07, 6.45) is 0.927. The summed E-state index contributed by atoms with van der Waals surface area (Å²) in [4.78, 5) is 14.3. The zero-order valence-corrected chi connectivity index (χ0v) is 15.7. The van der Waals surface area contributed by atoms with E-state index in [9.17, 15) is 4.79 Å². The second kappa shape index (κ2) is 8.05. The number of carbonyl (C=O) groups is 1. The van der Waals surface area contributed by atoms with Crippen molar-refractivity contribution in [2.24, 2.45) is 5.92 Å². The summed E-state index contributed by atoms with van der Waals surface area (Å²) < 4.78 is 16.0. The lowest BCUT2D eigenvalue weighted by molar-refractivity contribution is 0.0718. The standard InChI is InChI=1S/C19H26N2O4/c1-12(2)9-13(3)21(4)19(22)16-11-18(25-20-16)15-10-14(23-5)7-8-17(15)24-6/h7-8,10-13H,9H2,1-6H3. The summed E-state index contributed by atoms with van der Waals surface area (Å²) in [5, 5.41) is 3.94. The number of hydrogen-bond donors (Lipinski definition) is 0. The SMILES string of the molecule is COc1ccc(OC)c(-c2cc(C(=O)N(C)C(C)CC(C)C)no2)c1. The average Bonchev–Trinajstić information content (AvgIpc) is 3.09. The van der Waals surface area contributed by atoms with E-state index in [2.05, 4.69) is 19.0 Å². The van der Waals surface area contributed by atoms with Crippen LogP contribution in [0.25, 0.3) is 11.3 Å². The van der Waals surface area contributed by atoms with Crippen LogP contribution in [0.5, 0.6) is 11.5 Å². The molecule has 0 aliphatic rings. The lowest BCUT2D eigenvalue weighted by Gasteiger charge is -2.25. The van der Waals surface area contributed by atoms with Gasteiger partial charge in [0.1, 0.15) is 11.5 Å². The molecule has 2 aromatic rings. The third kappa shape index (κ3) is 4.32. The van der Waals surface area contributed by atoms with Crippen molar-refractivity contribution in [1.29, 1.82) is 0 Å². The summed E-state index contributed by atoms with van der Waals surface area (Å²) in [6.45, 7) is 6.31. The second-order valence-corrected chi connectivity index (χ2v) is 6.54. The summed E-state index contributed by atoms with van der Waals surface area (Å²) in [5.41, 5.74) is 0.962. The second-order valence-electron chi connectivity index (χ2n) is 6.54. The van der Waals surface area contributed by atoms with Gasteiger partial charge in [-0.1, -0.05) is 19.0 Å². The molecule has 0 radical (unpaired) electrons. The minimum absolute atomic E-state index is 0.124. The highest BCUT2D eigenvalue weighted by Crippen LogP contribution is 2.34. The fraction of sp³-hybridized carbons (Fsp3) is 0.474. The highest BCUT2D eigenvalue weighted by Gasteiger charge is 2.23. The number of rotatable bonds is 7. The van der Waals surface area contributed by atoms with Crippen LogP contribution in [-0.2, 0) is 0 Å². The monoisotopic (exact) mass is 346 g/mol. The Balaban J connectivity index is 2.26. The number of hydrogen-bond acceptors (Lipinski definition) is 5. The Morgan fingerprint density at radius 3 is 2.52 bits per heavy atom. The average molecular weight is 346 g/mol. The van der Waals surface area contributed by atoms with E-state index in [4.69, 9.17) is 14.0 Å². The van der Waals surface area contributed by atoms with Crippen LogP contribution in [0.3, 0.4) is 0 Å². The van der Waals surface area contributed by atoms with Crippen LogP contribution in [0.15, 0.2) is 28.8 Å². The maximum absolute atomic E-state index is 12.6. The molecule has 0 saturated carbocycles. The number of carbonyl (C=O) groups excluding carboxylic acids is 1. The van der Waals surface area contributed by atoms with Crippen molar-refractivity contribution in [3.63, 3.8) is 0 Å². The van der Waals surface area contributed by atoms with Crippen molar-refractivity contribution in [1.82, 2.24) is 10.1 Å². The van der Waals surface area contributed by atoms with E-state index in [1.165, 1.54) is 0 Å². The number of aromatic nitrogens is 1. The highest BCUT2D eigenvalue weighted by molar-refractivity contribution is 5.93. The van der Waals surface area contributed by atoms with Gasteiger partial charge >= 0.3 is 0 Å². The molecule has 1 aromatic carbocycles. The number of amides is 1. The number of methoxy groups -OCH3 is 2. The van der Waals surface area contributed by atoms with Gasteiger partial charge in [-0.3, -0.25) is 4.79 Å². The molecule has 1 amide bonds. The van der Waals surface area contributed by atoms with E-state index in [0.29, 0.717) is 28.7 Å². The van der Waals surface area contributed by atoms with Gasteiger partial charge in [0.2, 0.25) is 0 Å². The molecule has 6 nitrogen and oxygen atoms in total. The first-order valence-electron chi connectivity index (χ1n) is 8.33. The van der Waals surface area contributed by atoms with Crippen LogP contribution in [0.2, 0.25) is 0 Å². The zero-order chi connectivity index (χ0) is 18.6. The molecule has 136 valence electrons. The van der Waals surface area contributed by atoms with E-state index in [0.717, 1.165) is 6.42 Å². The van der Waals surface area contributed by atoms with Crippen LogP contribution in [0.4, 0.5) is 0 Å². The number of benzene rings is 1. The first kappa shape index (κ1) is 18.8. The van der Waals surface area contributed by atoms with Crippen LogP contribution in [0.1, 0.15) is 37.7 Å². The van der Waals surface area contributed by atoms with Crippen LogP contribution >= 0.6 is 0 Å². The van der Waals surface area contributed by atoms with Gasteiger partial charge in [-0.25, -0.2) is 0 Å². The third-order valence-corrected chi connectivity index (χ3v) is 4.20. The van der Waals surface area contributed by atoms with Crippen molar-refractivity contribution >= 4 is 5.91 Å².